The Balaban J connectivity index is 1.54. The Bertz CT molecular complexity index is 807. The number of aromatic nitrogens is 1. The number of rotatable bonds is 6. The maximum atomic E-state index is 12.7. The maximum absolute atomic E-state index is 12.7. The summed E-state index contributed by atoms with van der Waals surface area (Å²) in [6.45, 7) is 3.21. The van der Waals surface area contributed by atoms with Crippen molar-refractivity contribution in [3.63, 3.8) is 0 Å². The molecular formula is C22H30N2O3. The van der Waals surface area contributed by atoms with Crippen molar-refractivity contribution in [2.45, 2.75) is 64.3 Å². The number of hydrogen-bond donors (Lipinski definition) is 1. The number of carbonyl (C=O) groups excluding carboxylic acids is 1. The Morgan fingerprint density at radius 2 is 1.85 bits per heavy atom. The van der Waals surface area contributed by atoms with Crippen molar-refractivity contribution in [2.75, 3.05) is 13.2 Å². The number of amides is 1. The van der Waals surface area contributed by atoms with Crippen LogP contribution in [0.5, 0.6) is 5.75 Å². The molecule has 1 amide bonds. The predicted molar refractivity (Wildman–Crippen MR) is 108 cm³/mol. The summed E-state index contributed by atoms with van der Waals surface area (Å²) in [6.07, 6.45) is 9.02. The van der Waals surface area contributed by atoms with Crippen LogP contribution in [0.2, 0.25) is 0 Å². The van der Waals surface area contributed by atoms with E-state index in [9.17, 15) is 9.59 Å². The molecule has 0 radical (unpaired) electrons. The van der Waals surface area contributed by atoms with E-state index in [-0.39, 0.29) is 11.5 Å². The van der Waals surface area contributed by atoms with Crippen LogP contribution in [-0.4, -0.2) is 35.0 Å². The van der Waals surface area contributed by atoms with Crippen LogP contribution < -0.4 is 10.3 Å². The van der Waals surface area contributed by atoms with Crippen molar-refractivity contribution in [1.29, 1.82) is 0 Å². The van der Waals surface area contributed by atoms with Gasteiger partial charge in [0.2, 0.25) is 11.5 Å². The van der Waals surface area contributed by atoms with Gasteiger partial charge in [0.25, 0.3) is 0 Å². The van der Waals surface area contributed by atoms with E-state index >= 15 is 0 Å². The normalized spacial score (nSPS) is 15.9. The molecule has 0 spiro atoms. The van der Waals surface area contributed by atoms with E-state index in [1.54, 1.807) is 6.07 Å². The molecule has 0 atom stereocenters. The Kier molecular flexibility index (Phi) is 6.91. The molecule has 2 aromatic rings. The van der Waals surface area contributed by atoms with Crippen molar-refractivity contribution < 1.29 is 9.53 Å². The van der Waals surface area contributed by atoms with Gasteiger partial charge >= 0.3 is 0 Å². The summed E-state index contributed by atoms with van der Waals surface area (Å²) >= 11 is 0. The van der Waals surface area contributed by atoms with Crippen LogP contribution in [0.15, 0.2) is 35.1 Å². The first-order chi connectivity index (χ1) is 13.2. The first kappa shape index (κ1) is 19.5. The number of carbonyl (C=O) groups is 1. The molecule has 1 aromatic carbocycles. The summed E-state index contributed by atoms with van der Waals surface area (Å²) in [7, 11) is 0. The lowest BCUT2D eigenvalue weighted by Crippen LogP contribution is -2.41. The summed E-state index contributed by atoms with van der Waals surface area (Å²) in [5, 5.41) is 0.920. The molecule has 5 heteroatoms. The number of ether oxygens (including phenoxy) is 1. The molecule has 1 saturated carbocycles. The molecule has 1 aliphatic rings. The predicted octanol–water partition coefficient (Wildman–Crippen LogP) is 4.26. The lowest BCUT2D eigenvalue weighted by molar-refractivity contribution is -0.134. The third-order valence-corrected chi connectivity index (χ3v) is 5.46. The van der Waals surface area contributed by atoms with E-state index in [0.717, 1.165) is 36.0 Å². The van der Waals surface area contributed by atoms with Gasteiger partial charge in [-0.25, -0.2) is 0 Å². The summed E-state index contributed by atoms with van der Waals surface area (Å²) < 4.78 is 5.80. The second-order valence-electron chi connectivity index (χ2n) is 7.35. The minimum Gasteiger partial charge on any atom is -0.493 e. The van der Waals surface area contributed by atoms with E-state index < -0.39 is 0 Å². The van der Waals surface area contributed by atoms with E-state index in [2.05, 4.69) is 16.8 Å². The standard InChI is InChI=1S/C22H30N2O3/c1-2-24(18-8-6-4-3-5-7-9-18)22(26)14-15-27-19-11-12-20-17(16-19)10-13-21(25)23-20/h10-13,16,18H,2-9,14-15H2,1H3,(H,23,25). The number of nitrogens with zero attached hydrogens (tertiary/aromatic N) is 1. The van der Waals surface area contributed by atoms with Gasteiger partial charge in [0, 0.05) is 29.6 Å². The van der Waals surface area contributed by atoms with Gasteiger partial charge < -0.3 is 14.6 Å². The quantitative estimate of drug-likeness (QED) is 0.826. The van der Waals surface area contributed by atoms with Gasteiger partial charge in [0.1, 0.15) is 5.75 Å². The highest BCUT2D eigenvalue weighted by molar-refractivity contribution is 5.80. The fraction of sp³-hybridized carbons (Fsp3) is 0.545. The average Bonchev–Trinajstić information content (AvgIpc) is 2.64. The summed E-state index contributed by atoms with van der Waals surface area (Å²) in [5.41, 5.74) is 0.669. The monoisotopic (exact) mass is 370 g/mol. The second kappa shape index (κ2) is 9.58. The van der Waals surface area contributed by atoms with E-state index in [4.69, 9.17) is 4.74 Å². The fourth-order valence-corrected chi connectivity index (χ4v) is 4.01. The Morgan fingerprint density at radius 1 is 1.11 bits per heavy atom. The lowest BCUT2D eigenvalue weighted by Gasteiger charge is -2.32. The van der Waals surface area contributed by atoms with Crippen molar-refractivity contribution in [2.24, 2.45) is 0 Å². The van der Waals surface area contributed by atoms with E-state index in [1.165, 1.54) is 38.2 Å². The van der Waals surface area contributed by atoms with Crippen molar-refractivity contribution in [3.8, 4) is 5.75 Å². The summed E-state index contributed by atoms with van der Waals surface area (Å²) in [5.74, 6) is 0.907. The van der Waals surface area contributed by atoms with Crippen molar-refractivity contribution in [3.05, 3.63) is 40.7 Å². The Morgan fingerprint density at radius 3 is 2.59 bits per heavy atom. The molecule has 0 bridgehead atoms. The first-order valence-electron chi connectivity index (χ1n) is 10.2. The molecule has 1 N–H and O–H groups in total. The fourth-order valence-electron chi connectivity index (χ4n) is 4.01. The van der Waals surface area contributed by atoms with Gasteiger partial charge in [-0.15, -0.1) is 0 Å². The van der Waals surface area contributed by atoms with Gasteiger partial charge in [-0.2, -0.15) is 0 Å². The van der Waals surface area contributed by atoms with Crippen LogP contribution in [0.3, 0.4) is 0 Å². The van der Waals surface area contributed by atoms with Crippen LogP contribution in [-0.2, 0) is 4.79 Å². The molecule has 0 saturated heterocycles. The molecule has 3 rings (SSSR count). The van der Waals surface area contributed by atoms with Gasteiger partial charge in [-0.05, 0) is 44.0 Å². The molecule has 1 fully saturated rings. The highest BCUT2D eigenvalue weighted by Crippen LogP contribution is 2.22. The van der Waals surface area contributed by atoms with Gasteiger partial charge in [-0.1, -0.05) is 32.1 Å². The number of pyridine rings is 1. The second-order valence-corrected chi connectivity index (χ2v) is 7.35. The van der Waals surface area contributed by atoms with Crippen LogP contribution in [0.1, 0.15) is 58.3 Å². The summed E-state index contributed by atoms with van der Waals surface area (Å²) in [4.78, 5) is 28.9. The smallest absolute Gasteiger partial charge is 0.248 e. The largest absolute Gasteiger partial charge is 0.493 e. The lowest BCUT2D eigenvalue weighted by atomic mass is 9.95. The average molecular weight is 370 g/mol. The van der Waals surface area contributed by atoms with E-state index in [1.807, 2.05) is 18.2 Å². The van der Waals surface area contributed by atoms with Gasteiger partial charge in [0.15, 0.2) is 0 Å². The third-order valence-electron chi connectivity index (χ3n) is 5.46. The zero-order valence-corrected chi connectivity index (χ0v) is 16.2. The van der Waals surface area contributed by atoms with Crippen LogP contribution in [0, 0.1) is 0 Å². The zero-order chi connectivity index (χ0) is 19.1. The number of fused-ring (bicyclic) bond motifs is 1. The number of aromatic amines is 1. The molecule has 1 aliphatic carbocycles. The molecule has 0 aliphatic heterocycles. The van der Waals surface area contributed by atoms with Crippen LogP contribution in [0.4, 0.5) is 0 Å². The molecule has 5 nitrogen and oxygen atoms in total. The molecule has 1 heterocycles. The topological polar surface area (TPSA) is 62.4 Å². The third kappa shape index (κ3) is 5.34. The highest BCUT2D eigenvalue weighted by Gasteiger charge is 2.22. The number of H-pyrrole nitrogens is 1. The van der Waals surface area contributed by atoms with Crippen LogP contribution >= 0.6 is 0 Å². The number of benzene rings is 1. The molecular weight excluding hydrogens is 340 g/mol. The van der Waals surface area contributed by atoms with Crippen molar-refractivity contribution in [1.82, 2.24) is 9.88 Å². The SMILES string of the molecule is CCN(C(=O)CCOc1ccc2[nH]c(=O)ccc2c1)C1CCCCCCC1. The molecule has 27 heavy (non-hydrogen) atoms. The van der Waals surface area contributed by atoms with Crippen molar-refractivity contribution >= 4 is 16.8 Å². The van der Waals surface area contributed by atoms with Gasteiger partial charge in [0.05, 0.1) is 13.0 Å². The Labute approximate surface area is 160 Å². The molecule has 0 unspecified atom stereocenters. The highest BCUT2D eigenvalue weighted by atomic mass is 16.5. The number of hydrogen-bond acceptors (Lipinski definition) is 3. The molecule has 1 aromatic heterocycles. The number of nitrogens with one attached hydrogen (secondary N) is 1. The zero-order valence-electron chi connectivity index (χ0n) is 16.2. The van der Waals surface area contributed by atoms with Crippen LogP contribution in [0.25, 0.3) is 10.9 Å². The van der Waals surface area contributed by atoms with Gasteiger partial charge in [-0.3, -0.25) is 9.59 Å². The minimum absolute atomic E-state index is 0.115. The minimum atomic E-state index is -0.115. The Hall–Kier alpha value is -2.30. The van der Waals surface area contributed by atoms with E-state index in [0.29, 0.717) is 19.1 Å². The molecule has 146 valence electrons. The maximum Gasteiger partial charge on any atom is 0.248 e. The first-order valence-corrected chi connectivity index (χ1v) is 10.2. The summed E-state index contributed by atoms with van der Waals surface area (Å²) in [6, 6.07) is 9.22.